The molecule has 2 aromatic rings. The van der Waals surface area contributed by atoms with Crippen molar-refractivity contribution in [1.29, 1.82) is 0 Å². The van der Waals surface area contributed by atoms with Crippen molar-refractivity contribution in [1.82, 2.24) is 19.9 Å². The third-order valence-corrected chi connectivity index (χ3v) is 3.94. The van der Waals surface area contributed by atoms with Crippen LogP contribution in [0.3, 0.4) is 0 Å². The predicted octanol–water partition coefficient (Wildman–Crippen LogP) is 2.10. The molecule has 0 bridgehead atoms. The number of hydrogen-bond donors (Lipinski definition) is 1. The summed E-state index contributed by atoms with van der Waals surface area (Å²) in [6, 6.07) is 2.10. The Morgan fingerprint density at radius 2 is 2.32 bits per heavy atom. The maximum atomic E-state index is 4.34. The molecule has 1 aliphatic rings. The molecule has 1 unspecified atom stereocenters. The van der Waals surface area contributed by atoms with Gasteiger partial charge in [0.2, 0.25) is 0 Å². The molecule has 1 saturated heterocycles. The highest BCUT2D eigenvalue weighted by Crippen LogP contribution is 2.23. The van der Waals surface area contributed by atoms with Gasteiger partial charge in [0, 0.05) is 43.3 Å². The minimum atomic E-state index is 0.596. The number of nitrogens with zero attached hydrogens (tertiary/aromatic N) is 3. The number of imidazole rings is 1. The molecule has 1 N–H and O–H groups in total. The lowest BCUT2D eigenvalue weighted by molar-refractivity contribution is 0.444. The number of piperidine rings is 1. The zero-order valence-electron chi connectivity index (χ0n) is 11.3. The normalized spacial score (nSPS) is 19.5. The average molecular weight is 256 g/mol. The third kappa shape index (κ3) is 2.68. The summed E-state index contributed by atoms with van der Waals surface area (Å²) in [6.45, 7) is 5.22. The molecule has 2 aromatic heterocycles. The molecule has 3 rings (SSSR count). The Labute approximate surface area is 113 Å². The van der Waals surface area contributed by atoms with Crippen LogP contribution in [0.25, 0.3) is 0 Å². The van der Waals surface area contributed by atoms with Gasteiger partial charge in [0.15, 0.2) is 0 Å². The smallest absolute Gasteiger partial charge is 0.0951 e. The lowest BCUT2D eigenvalue weighted by Gasteiger charge is -2.24. The van der Waals surface area contributed by atoms with Crippen LogP contribution in [-0.4, -0.2) is 27.6 Å². The van der Waals surface area contributed by atoms with Crippen LogP contribution in [0, 0.1) is 6.92 Å². The van der Waals surface area contributed by atoms with E-state index in [9.17, 15) is 0 Å². The van der Waals surface area contributed by atoms with Crippen molar-refractivity contribution < 1.29 is 0 Å². The van der Waals surface area contributed by atoms with Crippen molar-refractivity contribution in [2.75, 3.05) is 13.1 Å². The highest BCUT2D eigenvalue weighted by Gasteiger charge is 2.18. The van der Waals surface area contributed by atoms with E-state index in [1.54, 1.807) is 0 Å². The van der Waals surface area contributed by atoms with Gasteiger partial charge in [0.25, 0.3) is 0 Å². The molecule has 4 nitrogen and oxygen atoms in total. The van der Waals surface area contributed by atoms with Crippen LogP contribution in [0.1, 0.15) is 35.6 Å². The second kappa shape index (κ2) is 5.53. The summed E-state index contributed by atoms with van der Waals surface area (Å²) in [4.78, 5) is 8.49. The third-order valence-electron chi connectivity index (χ3n) is 3.94. The van der Waals surface area contributed by atoms with Crippen LogP contribution in [0.2, 0.25) is 0 Å². The first kappa shape index (κ1) is 12.4. The summed E-state index contributed by atoms with van der Waals surface area (Å²) in [5, 5.41) is 3.47. The Bertz CT molecular complexity index is 541. The van der Waals surface area contributed by atoms with Crippen LogP contribution in [0.15, 0.2) is 31.0 Å². The van der Waals surface area contributed by atoms with Crippen molar-refractivity contribution in [2.45, 2.75) is 32.2 Å². The van der Waals surface area contributed by atoms with Gasteiger partial charge in [0.05, 0.1) is 6.33 Å². The van der Waals surface area contributed by atoms with Gasteiger partial charge in [-0.1, -0.05) is 0 Å². The van der Waals surface area contributed by atoms with Crippen LogP contribution in [0.4, 0.5) is 0 Å². The van der Waals surface area contributed by atoms with Gasteiger partial charge in [-0.15, -0.1) is 0 Å². The van der Waals surface area contributed by atoms with Crippen molar-refractivity contribution in [2.24, 2.45) is 0 Å². The minimum absolute atomic E-state index is 0.596. The molecule has 1 aliphatic heterocycles. The van der Waals surface area contributed by atoms with Gasteiger partial charge in [-0.25, -0.2) is 4.98 Å². The molecule has 0 saturated carbocycles. The second-order valence-corrected chi connectivity index (χ2v) is 5.29. The fourth-order valence-electron chi connectivity index (χ4n) is 2.77. The summed E-state index contributed by atoms with van der Waals surface area (Å²) >= 11 is 0. The molecule has 1 atom stereocenters. The van der Waals surface area contributed by atoms with Crippen molar-refractivity contribution in [3.05, 3.63) is 47.8 Å². The van der Waals surface area contributed by atoms with Crippen LogP contribution in [-0.2, 0) is 6.54 Å². The van der Waals surface area contributed by atoms with E-state index in [1.807, 2.05) is 24.9 Å². The molecular formula is C15H20N4. The van der Waals surface area contributed by atoms with Gasteiger partial charge in [0.1, 0.15) is 0 Å². The number of nitrogens with one attached hydrogen (secondary N) is 1. The summed E-state index contributed by atoms with van der Waals surface area (Å²) in [5.74, 6) is 0.596. The number of aryl methyl sites for hydroxylation is 1. The highest BCUT2D eigenvalue weighted by molar-refractivity contribution is 5.23. The predicted molar refractivity (Wildman–Crippen MR) is 75.1 cm³/mol. The molecule has 0 spiro atoms. The van der Waals surface area contributed by atoms with E-state index < -0.39 is 0 Å². The van der Waals surface area contributed by atoms with Gasteiger partial charge in [-0.05, 0) is 43.5 Å². The maximum Gasteiger partial charge on any atom is 0.0951 e. The van der Waals surface area contributed by atoms with E-state index in [0.717, 1.165) is 19.6 Å². The fraction of sp³-hybridized carbons (Fsp3) is 0.467. The topological polar surface area (TPSA) is 42.7 Å². The molecule has 0 aromatic carbocycles. The summed E-state index contributed by atoms with van der Waals surface area (Å²) in [5.41, 5.74) is 3.91. The van der Waals surface area contributed by atoms with E-state index in [1.165, 1.54) is 29.7 Å². The molecular weight excluding hydrogens is 236 g/mol. The minimum Gasteiger partial charge on any atom is -0.330 e. The number of aromatic nitrogens is 3. The van der Waals surface area contributed by atoms with Gasteiger partial charge >= 0.3 is 0 Å². The van der Waals surface area contributed by atoms with Crippen molar-refractivity contribution >= 4 is 0 Å². The van der Waals surface area contributed by atoms with E-state index in [-0.39, 0.29) is 0 Å². The molecule has 100 valence electrons. The molecule has 0 aliphatic carbocycles. The molecule has 1 fully saturated rings. The van der Waals surface area contributed by atoms with E-state index >= 15 is 0 Å². The molecule has 0 amide bonds. The molecule has 3 heterocycles. The second-order valence-electron chi connectivity index (χ2n) is 5.29. The molecule has 19 heavy (non-hydrogen) atoms. The lowest BCUT2D eigenvalue weighted by atomic mass is 9.96. The Balaban J connectivity index is 1.82. The number of rotatable bonds is 3. The van der Waals surface area contributed by atoms with E-state index in [0.29, 0.717) is 5.92 Å². The Morgan fingerprint density at radius 1 is 1.37 bits per heavy atom. The number of pyridine rings is 1. The Morgan fingerprint density at radius 3 is 3.11 bits per heavy atom. The van der Waals surface area contributed by atoms with Crippen molar-refractivity contribution in [3.63, 3.8) is 0 Å². The van der Waals surface area contributed by atoms with Gasteiger partial charge in [-0.2, -0.15) is 0 Å². The van der Waals surface area contributed by atoms with E-state index in [4.69, 9.17) is 0 Å². The maximum absolute atomic E-state index is 4.34. The van der Waals surface area contributed by atoms with E-state index in [2.05, 4.69) is 32.8 Å². The summed E-state index contributed by atoms with van der Waals surface area (Å²) < 4.78 is 2.28. The highest BCUT2D eigenvalue weighted by atomic mass is 15.1. The van der Waals surface area contributed by atoms with Crippen LogP contribution >= 0.6 is 0 Å². The fourth-order valence-corrected chi connectivity index (χ4v) is 2.77. The first-order valence-electron chi connectivity index (χ1n) is 6.95. The van der Waals surface area contributed by atoms with Crippen LogP contribution < -0.4 is 5.32 Å². The quantitative estimate of drug-likeness (QED) is 0.914. The number of hydrogen-bond acceptors (Lipinski definition) is 3. The zero-order chi connectivity index (χ0) is 13.1. The zero-order valence-corrected chi connectivity index (χ0v) is 11.3. The van der Waals surface area contributed by atoms with Crippen molar-refractivity contribution in [3.8, 4) is 0 Å². The van der Waals surface area contributed by atoms with Gasteiger partial charge in [-0.3, -0.25) is 4.98 Å². The average Bonchev–Trinajstić information content (AvgIpc) is 2.91. The first-order chi connectivity index (χ1) is 9.34. The monoisotopic (exact) mass is 256 g/mol. The first-order valence-corrected chi connectivity index (χ1v) is 6.95. The largest absolute Gasteiger partial charge is 0.330 e. The van der Waals surface area contributed by atoms with Gasteiger partial charge < -0.3 is 9.88 Å². The Hall–Kier alpha value is -1.68. The summed E-state index contributed by atoms with van der Waals surface area (Å²) in [6.07, 6.45) is 10.3. The summed E-state index contributed by atoms with van der Waals surface area (Å²) in [7, 11) is 0. The SMILES string of the molecule is Cc1cnccc1Cn1cncc1C1CCCNC1. The molecule has 0 radical (unpaired) electrons. The standard InChI is InChI=1S/C15H20N4/c1-12-7-17-6-4-14(12)10-19-11-18-9-15(19)13-3-2-5-16-8-13/h4,6-7,9,11,13,16H,2-3,5,8,10H2,1H3. The van der Waals surface area contributed by atoms with Crippen LogP contribution in [0.5, 0.6) is 0 Å². The lowest BCUT2D eigenvalue weighted by Crippen LogP contribution is -2.29. The Kier molecular flexibility index (Phi) is 3.60. The molecule has 4 heteroatoms.